The summed E-state index contributed by atoms with van der Waals surface area (Å²) in [7, 11) is 0. The molecule has 1 aliphatic carbocycles. The van der Waals surface area contributed by atoms with Crippen LogP contribution in [0.2, 0.25) is 0 Å². The van der Waals surface area contributed by atoms with Gasteiger partial charge in [0.05, 0.1) is 11.6 Å². The van der Waals surface area contributed by atoms with Gasteiger partial charge in [0, 0.05) is 5.92 Å². The zero-order valence-electron chi connectivity index (χ0n) is 8.77. The molecule has 74 valence electrons. The minimum absolute atomic E-state index is 0.434. The van der Waals surface area contributed by atoms with E-state index in [0.29, 0.717) is 5.92 Å². The zero-order valence-corrected chi connectivity index (χ0v) is 8.77. The van der Waals surface area contributed by atoms with Crippen LogP contribution in [0.1, 0.15) is 30.4 Å². The predicted molar refractivity (Wildman–Crippen MR) is 61.4 cm³/mol. The van der Waals surface area contributed by atoms with E-state index in [1.165, 1.54) is 11.1 Å². The fourth-order valence-electron chi connectivity index (χ4n) is 1.90. The summed E-state index contributed by atoms with van der Waals surface area (Å²) in [6, 6.07) is 10.1. The molecule has 0 fully saturated rings. The van der Waals surface area contributed by atoms with E-state index in [1.807, 2.05) is 18.2 Å². The highest BCUT2D eigenvalue weighted by Gasteiger charge is 2.11. The Balaban J connectivity index is 2.28. The second-order valence-electron chi connectivity index (χ2n) is 3.95. The van der Waals surface area contributed by atoms with Gasteiger partial charge in [-0.1, -0.05) is 35.9 Å². The molecule has 0 saturated carbocycles. The molecule has 1 atom stereocenters. The third kappa shape index (κ3) is 2.16. The summed E-state index contributed by atoms with van der Waals surface area (Å²) in [5.41, 5.74) is 3.37. The second kappa shape index (κ2) is 4.14. The van der Waals surface area contributed by atoms with E-state index < -0.39 is 0 Å². The van der Waals surface area contributed by atoms with E-state index in [2.05, 4.69) is 37.3 Å². The van der Waals surface area contributed by atoms with Gasteiger partial charge in [-0.15, -0.1) is 0 Å². The molecule has 0 saturated heterocycles. The van der Waals surface area contributed by atoms with Gasteiger partial charge in [0.1, 0.15) is 0 Å². The monoisotopic (exact) mass is 195 g/mol. The van der Waals surface area contributed by atoms with Crippen LogP contribution >= 0.6 is 0 Å². The topological polar surface area (TPSA) is 23.8 Å². The third-order valence-electron chi connectivity index (χ3n) is 2.71. The zero-order chi connectivity index (χ0) is 10.7. The quantitative estimate of drug-likeness (QED) is 0.672. The number of nitrogens with zero attached hydrogens (tertiary/aromatic N) is 1. The Morgan fingerprint density at radius 1 is 1.40 bits per heavy atom. The summed E-state index contributed by atoms with van der Waals surface area (Å²) in [5.74, 6) is 0.434. The Hall–Kier alpha value is -1.81. The van der Waals surface area contributed by atoms with Gasteiger partial charge in [-0.3, -0.25) is 0 Å². The van der Waals surface area contributed by atoms with Crippen LogP contribution in [0.15, 0.2) is 48.1 Å². The summed E-state index contributed by atoms with van der Waals surface area (Å²) in [6.07, 6.45) is 7.50. The summed E-state index contributed by atoms with van der Waals surface area (Å²) < 4.78 is 0. The predicted octanol–water partition coefficient (Wildman–Crippen LogP) is 3.55. The molecular formula is C14H13N. The summed E-state index contributed by atoms with van der Waals surface area (Å²) in [5, 5.41) is 8.83. The van der Waals surface area contributed by atoms with Crippen molar-refractivity contribution in [2.75, 3.05) is 0 Å². The molecule has 0 bridgehead atoms. The first-order valence-corrected chi connectivity index (χ1v) is 5.13. The van der Waals surface area contributed by atoms with Crippen molar-refractivity contribution in [3.63, 3.8) is 0 Å². The summed E-state index contributed by atoms with van der Waals surface area (Å²) in [6.45, 7) is 2.14. The smallest absolute Gasteiger partial charge is 0.0991 e. The standard InChI is InChI=1S/C14H13N/c1-11-4-2-6-13(8-11)14-7-3-5-12(9-14)10-15/h2-7,9,13H,8H2,1H3. The lowest BCUT2D eigenvalue weighted by atomic mass is 9.88. The lowest BCUT2D eigenvalue weighted by Crippen LogP contribution is -1.99. The van der Waals surface area contributed by atoms with Crippen molar-refractivity contribution in [3.8, 4) is 6.07 Å². The maximum Gasteiger partial charge on any atom is 0.0991 e. The average Bonchev–Trinajstić information content (AvgIpc) is 2.29. The Labute approximate surface area is 90.4 Å². The molecule has 0 amide bonds. The first kappa shape index (κ1) is 9.73. The van der Waals surface area contributed by atoms with Gasteiger partial charge >= 0.3 is 0 Å². The van der Waals surface area contributed by atoms with Crippen LogP contribution in [-0.4, -0.2) is 0 Å². The molecule has 1 aliphatic rings. The third-order valence-corrected chi connectivity index (χ3v) is 2.71. The van der Waals surface area contributed by atoms with Crippen LogP contribution in [0.25, 0.3) is 0 Å². The van der Waals surface area contributed by atoms with E-state index in [9.17, 15) is 0 Å². The largest absolute Gasteiger partial charge is 0.192 e. The Kier molecular flexibility index (Phi) is 2.69. The normalized spacial score (nSPS) is 19.5. The van der Waals surface area contributed by atoms with Crippen molar-refractivity contribution in [1.29, 1.82) is 5.26 Å². The molecule has 0 radical (unpaired) electrons. The molecule has 0 spiro atoms. The highest BCUT2D eigenvalue weighted by molar-refractivity contribution is 5.38. The van der Waals surface area contributed by atoms with E-state index >= 15 is 0 Å². The SMILES string of the molecule is CC1=CC=CC(c2cccc(C#N)c2)C1. The van der Waals surface area contributed by atoms with Crippen molar-refractivity contribution in [2.45, 2.75) is 19.3 Å². The molecular weight excluding hydrogens is 182 g/mol. The van der Waals surface area contributed by atoms with Crippen LogP contribution < -0.4 is 0 Å². The van der Waals surface area contributed by atoms with Crippen LogP contribution in [0.3, 0.4) is 0 Å². The van der Waals surface area contributed by atoms with E-state index in [0.717, 1.165) is 12.0 Å². The summed E-state index contributed by atoms with van der Waals surface area (Å²) in [4.78, 5) is 0. The first-order chi connectivity index (χ1) is 7.29. The maximum absolute atomic E-state index is 8.83. The number of allylic oxidation sites excluding steroid dienone is 4. The highest BCUT2D eigenvalue weighted by Crippen LogP contribution is 2.28. The molecule has 1 heteroatoms. The minimum atomic E-state index is 0.434. The Morgan fingerprint density at radius 2 is 2.27 bits per heavy atom. The Bertz CT molecular complexity index is 460. The van der Waals surface area contributed by atoms with Gasteiger partial charge in [0.25, 0.3) is 0 Å². The molecule has 0 aromatic heterocycles. The van der Waals surface area contributed by atoms with Gasteiger partial charge in [0.15, 0.2) is 0 Å². The lowest BCUT2D eigenvalue weighted by molar-refractivity contribution is 0.813. The molecule has 0 heterocycles. The fraction of sp³-hybridized carbons (Fsp3) is 0.214. The van der Waals surface area contributed by atoms with Crippen LogP contribution in [-0.2, 0) is 0 Å². The van der Waals surface area contributed by atoms with Gasteiger partial charge in [-0.05, 0) is 31.0 Å². The highest BCUT2D eigenvalue weighted by atomic mass is 14.2. The van der Waals surface area contributed by atoms with Gasteiger partial charge in [-0.25, -0.2) is 0 Å². The number of hydrogen-bond donors (Lipinski definition) is 0. The number of hydrogen-bond acceptors (Lipinski definition) is 1. The average molecular weight is 195 g/mol. The van der Waals surface area contributed by atoms with Crippen molar-refractivity contribution in [2.24, 2.45) is 0 Å². The van der Waals surface area contributed by atoms with Crippen LogP contribution in [0.5, 0.6) is 0 Å². The van der Waals surface area contributed by atoms with Gasteiger partial charge < -0.3 is 0 Å². The van der Waals surface area contributed by atoms with Crippen molar-refractivity contribution in [3.05, 3.63) is 59.2 Å². The molecule has 1 unspecified atom stereocenters. The second-order valence-corrected chi connectivity index (χ2v) is 3.95. The van der Waals surface area contributed by atoms with Crippen molar-refractivity contribution in [1.82, 2.24) is 0 Å². The maximum atomic E-state index is 8.83. The van der Waals surface area contributed by atoms with Gasteiger partial charge in [0.2, 0.25) is 0 Å². The van der Waals surface area contributed by atoms with Gasteiger partial charge in [-0.2, -0.15) is 5.26 Å². The number of benzene rings is 1. The molecule has 2 rings (SSSR count). The first-order valence-electron chi connectivity index (χ1n) is 5.13. The van der Waals surface area contributed by atoms with E-state index in [1.54, 1.807) is 0 Å². The molecule has 1 aromatic rings. The van der Waals surface area contributed by atoms with Crippen LogP contribution in [0.4, 0.5) is 0 Å². The van der Waals surface area contributed by atoms with E-state index in [-0.39, 0.29) is 0 Å². The summed E-state index contributed by atoms with van der Waals surface area (Å²) >= 11 is 0. The molecule has 0 N–H and O–H groups in total. The molecule has 0 aliphatic heterocycles. The molecule has 1 aromatic carbocycles. The van der Waals surface area contributed by atoms with E-state index in [4.69, 9.17) is 5.26 Å². The van der Waals surface area contributed by atoms with Crippen LogP contribution in [0, 0.1) is 11.3 Å². The van der Waals surface area contributed by atoms with Crippen molar-refractivity contribution >= 4 is 0 Å². The minimum Gasteiger partial charge on any atom is -0.192 e. The number of rotatable bonds is 1. The number of nitriles is 1. The van der Waals surface area contributed by atoms with Crippen molar-refractivity contribution < 1.29 is 0 Å². The lowest BCUT2D eigenvalue weighted by Gasteiger charge is -2.16. The molecule has 15 heavy (non-hydrogen) atoms. The Morgan fingerprint density at radius 3 is 3.00 bits per heavy atom. The molecule has 1 nitrogen and oxygen atoms in total. The fourth-order valence-corrected chi connectivity index (χ4v) is 1.90.